The average Bonchev–Trinajstić information content (AvgIpc) is 2.74. The Morgan fingerprint density at radius 3 is 2.87 bits per heavy atom. The van der Waals surface area contributed by atoms with Crippen molar-refractivity contribution in [2.24, 2.45) is 5.73 Å². The average molecular weight is 205 g/mol. The van der Waals surface area contributed by atoms with Gasteiger partial charge in [0.05, 0.1) is 6.04 Å². The fourth-order valence-electron chi connectivity index (χ4n) is 2.09. The van der Waals surface area contributed by atoms with Gasteiger partial charge in [-0.15, -0.1) is 0 Å². The van der Waals surface area contributed by atoms with Gasteiger partial charge < -0.3 is 5.73 Å². The van der Waals surface area contributed by atoms with Crippen LogP contribution in [0.25, 0.3) is 0 Å². The summed E-state index contributed by atoms with van der Waals surface area (Å²) in [5.74, 6) is -0.155. The van der Waals surface area contributed by atoms with Crippen molar-refractivity contribution < 1.29 is 4.39 Å². The first kappa shape index (κ1) is 10.4. The molecule has 1 atom stereocenters. The van der Waals surface area contributed by atoms with Crippen LogP contribution in [-0.4, -0.2) is 0 Å². The first-order valence-electron chi connectivity index (χ1n) is 5.39. The lowest BCUT2D eigenvalue weighted by molar-refractivity contribution is 0.587. The summed E-state index contributed by atoms with van der Waals surface area (Å²) in [6.07, 6.45) is 5.38. The normalized spacial score (nSPS) is 17.7. The summed E-state index contributed by atoms with van der Waals surface area (Å²) in [7, 11) is 0. The number of hydrogen-bond donors (Lipinski definition) is 1. The molecule has 0 fully saturated rings. The maximum Gasteiger partial charge on any atom is 0.131 e. The third-order valence-corrected chi connectivity index (χ3v) is 3.03. The zero-order valence-corrected chi connectivity index (χ0v) is 8.96. The molecule has 2 rings (SSSR count). The Morgan fingerprint density at radius 2 is 2.20 bits per heavy atom. The van der Waals surface area contributed by atoms with Gasteiger partial charge >= 0.3 is 0 Å². The summed E-state index contributed by atoms with van der Waals surface area (Å²) in [5, 5.41) is 0. The molecular formula is C13H16FN. The van der Waals surface area contributed by atoms with E-state index in [1.54, 1.807) is 19.1 Å². The SMILES string of the molecule is Cc1cccc(C(N)C2=CCCC2)c1F. The predicted molar refractivity (Wildman–Crippen MR) is 60.0 cm³/mol. The molecule has 0 aromatic heterocycles. The highest BCUT2D eigenvalue weighted by Gasteiger charge is 2.18. The standard InChI is InChI=1S/C13H16FN/c1-9-5-4-8-11(12(9)14)13(15)10-6-2-3-7-10/h4-6,8,13H,2-3,7,15H2,1H3. The van der Waals surface area contributed by atoms with E-state index in [0.29, 0.717) is 11.1 Å². The van der Waals surface area contributed by atoms with Crippen LogP contribution < -0.4 is 5.73 Å². The highest BCUT2D eigenvalue weighted by molar-refractivity contribution is 5.33. The maximum atomic E-state index is 13.8. The van der Waals surface area contributed by atoms with Crippen LogP contribution in [0.1, 0.15) is 36.4 Å². The topological polar surface area (TPSA) is 26.0 Å². The molecule has 1 aliphatic carbocycles. The van der Waals surface area contributed by atoms with Gasteiger partial charge in [-0.1, -0.05) is 29.8 Å². The molecule has 1 unspecified atom stereocenters. The Bertz CT molecular complexity index is 396. The minimum Gasteiger partial charge on any atom is -0.320 e. The Labute approximate surface area is 89.8 Å². The summed E-state index contributed by atoms with van der Waals surface area (Å²) >= 11 is 0. The molecule has 0 saturated heterocycles. The molecule has 2 N–H and O–H groups in total. The van der Waals surface area contributed by atoms with Crippen molar-refractivity contribution in [3.05, 3.63) is 46.8 Å². The largest absolute Gasteiger partial charge is 0.320 e. The fourth-order valence-corrected chi connectivity index (χ4v) is 2.09. The molecule has 1 aromatic rings. The number of halogens is 1. The van der Waals surface area contributed by atoms with Gasteiger partial charge in [0.15, 0.2) is 0 Å². The first-order chi connectivity index (χ1) is 7.20. The summed E-state index contributed by atoms with van der Waals surface area (Å²) in [4.78, 5) is 0. The molecule has 0 bridgehead atoms. The van der Waals surface area contributed by atoms with Gasteiger partial charge in [0.2, 0.25) is 0 Å². The molecule has 1 nitrogen and oxygen atoms in total. The molecule has 2 heteroatoms. The lowest BCUT2D eigenvalue weighted by atomic mass is 9.97. The van der Waals surface area contributed by atoms with Crippen LogP contribution >= 0.6 is 0 Å². The molecule has 0 amide bonds. The van der Waals surface area contributed by atoms with Crippen LogP contribution in [0.5, 0.6) is 0 Å². The number of hydrogen-bond acceptors (Lipinski definition) is 1. The van der Waals surface area contributed by atoms with Gasteiger partial charge in [-0.3, -0.25) is 0 Å². The highest BCUT2D eigenvalue weighted by Crippen LogP contribution is 2.30. The Hall–Kier alpha value is -1.15. The summed E-state index contributed by atoms with van der Waals surface area (Å²) < 4.78 is 13.8. The van der Waals surface area contributed by atoms with Crippen molar-refractivity contribution in [1.29, 1.82) is 0 Å². The minimum atomic E-state index is -0.257. The Kier molecular flexibility index (Phi) is 2.87. The van der Waals surface area contributed by atoms with Gasteiger partial charge in [-0.2, -0.15) is 0 Å². The van der Waals surface area contributed by atoms with Gasteiger partial charge in [-0.25, -0.2) is 4.39 Å². The molecular weight excluding hydrogens is 189 g/mol. The number of nitrogens with two attached hydrogens (primary N) is 1. The van der Waals surface area contributed by atoms with Crippen LogP contribution in [0, 0.1) is 12.7 Å². The molecule has 15 heavy (non-hydrogen) atoms. The molecule has 1 aliphatic rings. The first-order valence-corrected chi connectivity index (χ1v) is 5.39. The van der Waals surface area contributed by atoms with E-state index in [4.69, 9.17) is 5.73 Å². The second-order valence-electron chi connectivity index (χ2n) is 4.13. The van der Waals surface area contributed by atoms with Gasteiger partial charge in [-0.05, 0) is 31.7 Å². The van der Waals surface area contributed by atoms with Crippen LogP contribution in [0.2, 0.25) is 0 Å². The van der Waals surface area contributed by atoms with E-state index in [1.165, 1.54) is 5.57 Å². The third kappa shape index (κ3) is 1.95. The van der Waals surface area contributed by atoms with Gasteiger partial charge in [0, 0.05) is 5.56 Å². The van der Waals surface area contributed by atoms with Crippen LogP contribution in [0.4, 0.5) is 4.39 Å². The van der Waals surface area contributed by atoms with E-state index in [-0.39, 0.29) is 11.9 Å². The summed E-state index contributed by atoms with van der Waals surface area (Å²) in [6.45, 7) is 1.77. The highest BCUT2D eigenvalue weighted by atomic mass is 19.1. The number of benzene rings is 1. The van der Waals surface area contributed by atoms with Crippen molar-refractivity contribution >= 4 is 0 Å². The van der Waals surface area contributed by atoms with Crippen LogP contribution in [0.15, 0.2) is 29.8 Å². The van der Waals surface area contributed by atoms with Crippen molar-refractivity contribution in [2.75, 3.05) is 0 Å². The minimum absolute atomic E-state index is 0.155. The second kappa shape index (κ2) is 4.15. The van der Waals surface area contributed by atoms with Crippen molar-refractivity contribution in [2.45, 2.75) is 32.2 Å². The molecule has 0 spiro atoms. The van der Waals surface area contributed by atoms with Crippen molar-refractivity contribution in [3.8, 4) is 0 Å². The van der Waals surface area contributed by atoms with Gasteiger partial charge in [0.1, 0.15) is 5.82 Å². The van der Waals surface area contributed by atoms with Gasteiger partial charge in [0.25, 0.3) is 0 Å². The predicted octanol–water partition coefficient (Wildman–Crippen LogP) is 3.24. The fraction of sp³-hybridized carbons (Fsp3) is 0.385. The molecule has 1 aromatic carbocycles. The molecule has 0 aliphatic heterocycles. The monoisotopic (exact) mass is 205 g/mol. The summed E-state index contributed by atoms with van der Waals surface area (Å²) in [6, 6.07) is 5.16. The molecule has 0 radical (unpaired) electrons. The number of rotatable bonds is 2. The smallest absolute Gasteiger partial charge is 0.131 e. The van der Waals surface area contributed by atoms with E-state index in [0.717, 1.165) is 19.3 Å². The number of aryl methyl sites for hydroxylation is 1. The zero-order valence-electron chi connectivity index (χ0n) is 8.96. The zero-order chi connectivity index (χ0) is 10.8. The molecule has 80 valence electrons. The maximum absolute atomic E-state index is 13.8. The Morgan fingerprint density at radius 1 is 1.40 bits per heavy atom. The molecule has 0 saturated carbocycles. The van der Waals surface area contributed by atoms with E-state index in [9.17, 15) is 4.39 Å². The van der Waals surface area contributed by atoms with Crippen molar-refractivity contribution in [3.63, 3.8) is 0 Å². The molecule has 0 heterocycles. The van der Waals surface area contributed by atoms with Crippen LogP contribution in [0.3, 0.4) is 0 Å². The Balaban J connectivity index is 2.32. The van der Waals surface area contributed by atoms with E-state index < -0.39 is 0 Å². The van der Waals surface area contributed by atoms with E-state index >= 15 is 0 Å². The summed E-state index contributed by atoms with van der Waals surface area (Å²) in [5.41, 5.74) is 8.54. The number of allylic oxidation sites excluding steroid dienone is 1. The third-order valence-electron chi connectivity index (χ3n) is 3.03. The second-order valence-corrected chi connectivity index (χ2v) is 4.13. The quantitative estimate of drug-likeness (QED) is 0.737. The van der Waals surface area contributed by atoms with E-state index in [1.807, 2.05) is 6.07 Å². The van der Waals surface area contributed by atoms with Crippen molar-refractivity contribution in [1.82, 2.24) is 0 Å². The van der Waals surface area contributed by atoms with E-state index in [2.05, 4.69) is 6.08 Å². The lowest BCUT2D eigenvalue weighted by Crippen LogP contribution is -2.14. The lowest BCUT2D eigenvalue weighted by Gasteiger charge is -2.15. The van der Waals surface area contributed by atoms with Crippen LogP contribution in [-0.2, 0) is 0 Å².